The molecule has 2 rings (SSSR count). The van der Waals surface area contributed by atoms with E-state index in [9.17, 15) is 9.59 Å². The summed E-state index contributed by atoms with van der Waals surface area (Å²) in [7, 11) is 0. The number of halogens is 2. The lowest BCUT2D eigenvalue weighted by molar-refractivity contribution is -0.123. The third kappa shape index (κ3) is 4.74. The van der Waals surface area contributed by atoms with E-state index >= 15 is 0 Å². The van der Waals surface area contributed by atoms with Crippen LogP contribution >= 0.6 is 23.2 Å². The van der Waals surface area contributed by atoms with E-state index in [-0.39, 0.29) is 11.5 Å². The number of hydrogen-bond donors (Lipinski definition) is 1. The number of carbonyl (C=O) groups is 2. The van der Waals surface area contributed by atoms with E-state index in [1.165, 1.54) is 6.92 Å². The molecule has 0 spiro atoms. The fourth-order valence-electron chi connectivity index (χ4n) is 2.17. The molecule has 0 aliphatic carbocycles. The van der Waals surface area contributed by atoms with Crippen LogP contribution in [-0.4, -0.2) is 23.1 Å². The summed E-state index contributed by atoms with van der Waals surface area (Å²) in [6, 6.07) is 4.63. The summed E-state index contributed by atoms with van der Waals surface area (Å²) >= 11 is 11.8. The largest absolute Gasteiger partial charge is 0.449 e. The third-order valence-corrected chi connectivity index (χ3v) is 3.84. The minimum Gasteiger partial charge on any atom is -0.449 e. The smallest absolute Gasteiger partial charge is 0.344 e. The highest BCUT2D eigenvalue weighted by atomic mass is 35.5. The van der Waals surface area contributed by atoms with Crippen LogP contribution in [0, 0.1) is 6.92 Å². The number of aromatic nitrogens is 1. The molecule has 1 N–H and O–H groups in total. The molecule has 2 aromatic rings. The van der Waals surface area contributed by atoms with Gasteiger partial charge < -0.3 is 14.6 Å². The number of rotatable bonds is 5. The van der Waals surface area contributed by atoms with Crippen molar-refractivity contribution in [2.75, 3.05) is 5.32 Å². The molecule has 1 aromatic heterocycles. The van der Waals surface area contributed by atoms with Gasteiger partial charge in [0, 0.05) is 21.7 Å². The summed E-state index contributed by atoms with van der Waals surface area (Å²) in [6.07, 6.45) is -1.03. The summed E-state index contributed by atoms with van der Waals surface area (Å²) in [5.41, 5.74) is 1.08. The van der Waals surface area contributed by atoms with Gasteiger partial charge in [-0.1, -0.05) is 42.2 Å². The van der Waals surface area contributed by atoms with E-state index in [1.807, 2.05) is 13.8 Å². The van der Waals surface area contributed by atoms with E-state index in [1.54, 1.807) is 25.1 Å². The second kappa shape index (κ2) is 7.89. The van der Waals surface area contributed by atoms with Crippen molar-refractivity contribution in [1.82, 2.24) is 5.16 Å². The maximum atomic E-state index is 12.4. The van der Waals surface area contributed by atoms with Gasteiger partial charge >= 0.3 is 5.97 Å². The number of esters is 1. The number of carbonyl (C=O) groups excluding carboxylic acids is 2. The third-order valence-electron chi connectivity index (χ3n) is 3.40. The molecule has 25 heavy (non-hydrogen) atoms. The lowest BCUT2D eigenvalue weighted by Gasteiger charge is -2.14. The number of amides is 1. The molecule has 0 fully saturated rings. The van der Waals surface area contributed by atoms with Crippen LogP contribution < -0.4 is 5.32 Å². The standard InChI is InChI=1S/C17H18Cl2N2O4/c1-8(2)15-14(9(3)21-25-15)17(23)24-10(4)16(22)20-13-6-11(18)5-12(19)7-13/h5-8,10H,1-4H3,(H,20,22)/t10-/m1/s1. The van der Waals surface area contributed by atoms with Crippen LogP contribution in [0.5, 0.6) is 0 Å². The Hall–Kier alpha value is -2.05. The van der Waals surface area contributed by atoms with Gasteiger partial charge in [-0.3, -0.25) is 4.79 Å². The Bertz CT molecular complexity index is 782. The van der Waals surface area contributed by atoms with Gasteiger partial charge in [-0.2, -0.15) is 0 Å². The average Bonchev–Trinajstić information content (AvgIpc) is 2.88. The van der Waals surface area contributed by atoms with Crippen molar-refractivity contribution in [1.29, 1.82) is 0 Å². The number of aryl methyl sites for hydroxylation is 1. The van der Waals surface area contributed by atoms with E-state index in [4.69, 9.17) is 32.5 Å². The van der Waals surface area contributed by atoms with Gasteiger partial charge in [0.25, 0.3) is 5.91 Å². The van der Waals surface area contributed by atoms with Gasteiger partial charge in [0.05, 0.1) is 5.69 Å². The van der Waals surface area contributed by atoms with E-state index in [0.29, 0.717) is 27.2 Å². The first-order chi connectivity index (χ1) is 11.7. The van der Waals surface area contributed by atoms with Crippen LogP contribution in [0.4, 0.5) is 5.69 Å². The highest BCUT2D eigenvalue weighted by molar-refractivity contribution is 6.35. The first-order valence-corrected chi connectivity index (χ1v) is 8.38. The Labute approximate surface area is 155 Å². The zero-order valence-corrected chi connectivity index (χ0v) is 15.7. The van der Waals surface area contributed by atoms with E-state index in [2.05, 4.69) is 10.5 Å². The van der Waals surface area contributed by atoms with E-state index < -0.39 is 18.0 Å². The molecular formula is C17H18Cl2N2O4. The lowest BCUT2D eigenvalue weighted by atomic mass is 10.1. The van der Waals surface area contributed by atoms with Crippen LogP contribution in [0.1, 0.15) is 48.5 Å². The van der Waals surface area contributed by atoms with E-state index in [0.717, 1.165) is 0 Å². The van der Waals surface area contributed by atoms with Crippen molar-refractivity contribution in [3.8, 4) is 0 Å². The quantitative estimate of drug-likeness (QED) is 0.761. The van der Waals surface area contributed by atoms with Gasteiger partial charge in [-0.15, -0.1) is 0 Å². The van der Waals surface area contributed by atoms with Crippen LogP contribution in [0.25, 0.3) is 0 Å². The first-order valence-electron chi connectivity index (χ1n) is 7.63. The molecule has 0 unspecified atom stereocenters. The first kappa shape index (κ1) is 19.3. The molecule has 134 valence electrons. The van der Waals surface area contributed by atoms with Crippen molar-refractivity contribution in [3.05, 3.63) is 45.3 Å². The normalized spacial score (nSPS) is 12.1. The minimum absolute atomic E-state index is 0.0403. The Kier molecular flexibility index (Phi) is 6.08. The number of benzene rings is 1. The summed E-state index contributed by atoms with van der Waals surface area (Å²) < 4.78 is 10.4. The SMILES string of the molecule is Cc1noc(C(C)C)c1C(=O)O[C@H](C)C(=O)Nc1cc(Cl)cc(Cl)c1. The molecule has 1 amide bonds. The molecule has 0 saturated heterocycles. The van der Waals surface area contributed by atoms with Gasteiger partial charge in [0.1, 0.15) is 5.56 Å². The van der Waals surface area contributed by atoms with Crippen LogP contribution in [0.3, 0.4) is 0 Å². The Balaban J connectivity index is 2.08. The van der Waals surface area contributed by atoms with Gasteiger partial charge in [0.2, 0.25) is 0 Å². The van der Waals surface area contributed by atoms with Crippen molar-refractivity contribution in [3.63, 3.8) is 0 Å². The zero-order chi connectivity index (χ0) is 18.7. The average molecular weight is 385 g/mol. The minimum atomic E-state index is -1.03. The Morgan fingerprint density at radius 2 is 1.76 bits per heavy atom. The number of hydrogen-bond acceptors (Lipinski definition) is 5. The molecule has 1 atom stereocenters. The van der Waals surface area contributed by atoms with Gasteiger partial charge in [0.15, 0.2) is 11.9 Å². The summed E-state index contributed by atoms with van der Waals surface area (Å²) in [5, 5.41) is 7.16. The lowest BCUT2D eigenvalue weighted by Crippen LogP contribution is -2.30. The molecule has 6 nitrogen and oxygen atoms in total. The Morgan fingerprint density at radius 1 is 1.16 bits per heavy atom. The fourth-order valence-corrected chi connectivity index (χ4v) is 2.70. The fraction of sp³-hybridized carbons (Fsp3) is 0.353. The van der Waals surface area contributed by atoms with Gasteiger partial charge in [-0.25, -0.2) is 4.79 Å². The number of nitrogens with zero attached hydrogens (tertiary/aromatic N) is 1. The van der Waals surface area contributed by atoms with Crippen LogP contribution in [-0.2, 0) is 9.53 Å². The van der Waals surface area contributed by atoms with Crippen molar-refractivity contribution >= 4 is 40.8 Å². The molecular weight excluding hydrogens is 367 g/mol. The molecule has 0 bridgehead atoms. The Morgan fingerprint density at radius 3 is 2.32 bits per heavy atom. The van der Waals surface area contributed by atoms with Crippen molar-refractivity contribution in [2.24, 2.45) is 0 Å². The topological polar surface area (TPSA) is 81.4 Å². The van der Waals surface area contributed by atoms with Crippen LogP contribution in [0.2, 0.25) is 10.0 Å². The molecule has 1 aromatic carbocycles. The van der Waals surface area contributed by atoms with Crippen molar-refractivity contribution < 1.29 is 18.8 Å². The monoisotopic (exact) mass is 384 g/mol. The molecule has 1 heterocycles. The molecule has 0 saturated carbocycles. The number of anilines is 1. The predicted molar refractivity (Wildman–Crippen MR) is 95.3 cm³/mol. The number of nitrogens with one attached hydrogen (secondary N) is 1. The van der Waals surface area contributed by atoms with Crippen molar-refractivity contribution in [2.45, 2.75) is 39.7 Å². The van der Waals surface area contributed by atoms with Crippen LogP contribution in [0.15, 0.2) is 22.7 Å². The second-order valence-corrected chi connectivity index (χ2v) is 6.73. The molecule has 0 aliphatic heterocycles. The molecule has 0 radical (unpaired) electrons. The maximum absolute atomic E-state index is 12.4. The highest BCUT2D eigenvalue weighted by Crippen LogP contribution is 2.24. The molecule has 0 aliphatic rings. The summed E-state index contributed by atoms with van der Waals surface area (Å²) in [4.78, 5) is 24.6. The summed E-state index contributed by atoms with van der Waals surface area (Å²) in [6.45, 7) is 6.85. The summed E-state index contributed by atoms with van der Waals surface area (Å²) in [5.74, 6) is -0.778. The highest BCUT2D eigenvalue weighted by Gasteiger charge is 2.27. The predicted octanol–water partition coefficient (Wildman–Crippen LogP) is 4.60. The maximum Gasteiger partial charge on any atom is 0.344 e. The second-order valence-electron chi connectivity index (χ2n) is 5.86. The molecule has 8 heteroatoms. The zero-order valence-electron chi connectivity index (χ0n) is 14.2. The van der Waals surface area contributed by atoms with Gasteiger partial charge in [-0.05, 0) is 32.0 Å². The number of ether oxygens (including phenoxy) is 1.